The first-order valence-electron chi connectivity index (χ1n) is 9.29. The Morgan fingerprint density at radius 2 is 1.41 bits per heavy atom. The Hall–Kier alpha value is -3.99. The van der Waals surface area contributed by atoms with Crippen molar-refractivity contribution < 1.29 is 5.11 Å². The van der Waals surface area contributed by atoms with E-state index in [-0.39, 0.29) is 5.75 Å². The normalized spacial score (nSPS) is 11.3. The van der Waals surface area contributed by atoms with Gasteiger partial charge in [-0.1, -0.05) is 60.7 Å². The molecular weight excluding hydrogens is 360 g/mol. The molecule has 0 aliphatic carbocycles. The standard InChI is InChI=1S/C24H20N4O/c1-17(18-12-14-21(29)15-13-18)27-28-23-16-22(19-8-4-2-5-9-19)25-24(26-23)20-10-6-3-7-11-20/h2-16,29H,1H3,(H,25,26,28)/b27-17-. The molecule has 1 heterocycles. The molecule has 0 atom stereocenters. The number of nitrogens with one attached hydrogen (secondary N) is 1. The van der Waals surface area contributed by atoms with Crippen LogP contribution in [0.1, 0.15) is 12.5 Å². The largest absolute Gasteiger partial charge is 0.508 e. The van der Waals surface area contributed by atoms with Crippen LogP contribution in [0.15, 0.2) is 96.1 Å². The first-order chi connectivity index (χ1) is 14.2. The van der Waals surface area contributed by atoms with Crippen molar-refractivity contribution in [3.8, 4) is 28.4 Å². The highest BCUT2D eigenvalue weighted by Crippen LogP contribution is 2.24. The third kappa shape index (κ3) is 4.47. The van der Waals surface area contributed by atoms with Gasteiger partial charge < -0.3 is 5.11 Å². The van der Waals surface area contributed by atoms with E-state index in [2.05, 4.69) is 15.5 Å². The van der Waals surface area contributed by atoms with Crippen molar-refractivity contribution in [1.29, 1.82) is 0 Å². The van der Waals surface area contributed by atoms with Gasteiger partial charge in [-0.3, -0.25) is 5.43 Å². The number of aromatic hydroxyl groups is 1. The van der Waals surface area contributed by atoms with E-state index in [1.165, 1.54) is 0 Å². The molecule has 29 heavy (non-hydrogen) atoms. The summed E-state index contributed by atoms with van der Waals surface area (Å²) in [5, 5.41) is 13.9. The maximum atomic E-state index is 9.45. The molecule has 1 aromatic heterocycles. The lowest BCUT2D eigenvalue weighted by atomic mass is 10.1. The first kappa shape index (κ1) is 18.4. The number of hydrazone groups is 1. The van der Waals surface area contributed by atoms with E-state index in [1.54, 1.807) is 12.1 Å². The molecule has 5 heteroatoms. The van der Waals surface area contributed by atoms with E-state index in [0.717, 1.165) is 28.1 Å². The van der Waals surface area contributed by atoms with Gasteiger partial charge in [-0.25, -0.2) is 9.97 Å². The van der Waals surface area contributed by atoms with Gasteiger partial charge in [-0.15, -0.1) is 0 Å². The summed E-state index contributed by atoms with van der Waals surface area (Å²) in [4.78, 5) is 9.38. The van der Waals surface area contributed by atoms with Crippen LogP contribution in [-0.4, -0.2) is 20.8 Å². The van der Waals surface area contributed by atoms with Crippen LogP contribution < -0.4 is 5.43 Å². The molecule has 0 aliphatic rings. The summed E-state index contributed by atoms with van der Waals surface area (Å²) in [6.45, 7) is 1.90. The van der Waals surface area contributed by atoms with E-state index in [0.29, 0.717) is 11.6 Å². The van der Waals surface area contributed by atoms with E-state index in [4.69, 9.17) is 4.98 Å². The second kappa shape index (κ2) is 8.35. The Balaban J connectivity index is 1.70. The lowest BCUT2D eigenvalue weighted by Gasteiger charge is -2.09. The molecule has 0 spiro atoms. The lowest BCUT2D eigenvalue weighted by Crippen LogP contribution is -2.03. The van der Waals surface area contributed by atoms with Crippen LogP contribution in [0.3, 0.4) is 0 Å². The fourth-order valence-electron chi connectivity index (χ4n) is 2.89. The summed E-state index contributed by atoms with van der Waals surface area (Å²) in [7, 11) is 0. The Bertz CT molecular complexity index is 1070. The number of phenolic OH excluding ortho intramolecular Hbond substituents is 1. The average Bonchev–Trinajstić information content (AvgIpc) is 2.79. The van der Waals surface area contributed by atoms with Crippen LogP contribution in [0, 0.1) is 0 Å². The second-order valence-electron chi connectivity index (χ2n) is 6.55. The topological polar surface area (TPSA) is 70.4 Å². The highest BCUT2D eigenvalue weighted by atomic mass is 16.3. The fraction of sp³-hybridized carbons (Fsp3) is 0.0417. The Labute approximate surface area is 169 Å². The van der Waals surface area contributed by atoms with Crippen molar-refractivity contribution >= 4 is 11.5 Å². The van der Waals surface area contributed by atoms with Crippen molar-refractivity contribution in [2.75, 3.05) is 5.43 Å². The Morgan fingerprint density at radius 1 is 0.793 bits per heavy atom. The molecular formula is C24H20N4O. The van der Waals surface area contributed by atoms with Gasteiger partial charge in [-0.05, 0) is 36.8 Å². The molecule has 0 saturated heterocycles. The van der Waals surface area contributed by atoms with E-state index in [9.17, 15) is 5.11 Å². The van der Waals surface area contributed by atoms with Crippen LogP contribution >= 0.6 is 0 Å². The molecule has 3 aromatic carbocycles. The van der Waals surface area contributed by atoms with E-state index in [1.807, 2.05) is 85.8 Å². The maximum Gasteiger partial charge on any atom is 0.162 e. The van der Waals surface area contributed by atoms with Crippen molar-refractivity contribution in [3.63, 3.8) is 0 Å². The highest BCUT2D eigenvalue weighted by Gasteiger charge is 2.08. The maximum absolute atomic E-state index is 9.45. The SMILES string of the molecule is C/C(=N/Nc1cc(-c2ccccc2)nc(-c2ccccc2)n1)c1ccc(O)cc1. The third-order valence-electron chi connectivity index (χ3n) is 4.45. The van der Waals surface area contributed by atoms with E-state index < -0.39 is 0 Å². The van der Waals surface area contributed by atoms with Crippen molar-refractivity contribution in [2.24, 2.45) is 5.10 Å². The molecule has 0 amide bonds. The van der Waals surface area contributed by atoms with Crippen LogP contribution in [-0.2, 0) is 0 Å². The van der Waals surface area contributed by atoms with Gasteiger partial charge in [0.05, 0.1) is 11.4 Å². The number of rotatable bonds is 5. The lowest BCUT2D eigenvalue weighted by molar-refractivity contribution is 0.475. The average molecular weight is 380 g/mol. The number of benzene rings is 3. The van der Waals surface area contributed by atoms with Gasteiger partial charge >= 0.3 is 0 Å². The van der Waals surface area contributed by atoms with Crippen molar-refractivity contribution in [3.05, 3.63) is 96.6 Å². The monoisotopic (exact) mass is 380 g/mol. The van der Waals surface area contributed by atoms with Crippen LogP contribution in [0.5, 0.6) is 5.75 Å². The van der Waals surface area contributed by atoms with Gasteiger partial charge in [0.15, 0.2) is 11.6 Å². The number of hydrogen-bond donors (Lipinski definition) is 2. The molecule has 4 aromatic rings. The van der Waals surface area contributed by atoms with Crippen molar-refractivity contribution in [1.82, 2.24) is 9.97 Å². The molecule has 0 bridgehead atoms. The van der Waals surface area contributed by atoms with Crippen LogP contribution in [0.25, 0.3) is 22.6 Å². The smallest absolute Gasteiger partial charge is 0.162 e. The minimum Gasteiger partial charge on any atom is -0.508 e. The molecule has 5 nitrogen and oxygen atoms in total. The molecule has 0 fully saturated rings. The zero-order valence-electron chi connectivity index (χ0n) is 15.9. The van der Waals surface area contributed by atoms with Gasteiger partial charge in [0, 0.05) is 17.2 Å². The summed E-state index contributed by atoms with van der Waals surface area (Å²) < 4.78 is 0. The number of anilines is 1. The number of hydrogen-bond acceptors (Lipinski definition) is 5. The quantitative estimate of drug-likeness (QED) is 0.362. The third-order valence-corrected chi connectivity index (χ3v) is 4.45. The Kier molecular flexibility index (Phi) is 5.29. The summed E-state index contributed by atoms with van der Waals surface area (Å²) in [5.74, 6) is 1.47. The predicted octanol–water partition coefficient (Wildman–Crippen LogP) is 5.35. The molecule has 2 N–H and O–H groups in total. The van der Waals surface area contributed by atoms with E-state index >= 15 is 0 Å². The zero-order chi connectivity index (χ0) is 20.1. The van der Waals surface area contributed by atoms with Crippen molar-refractivity contribution in [2.45, 2.75) is 6.92 Å². The minimum atomic E-state index is 0.227. The van der Waals surface area contributed by atoms with Gasteiger partial charge in [0.1, 0.15) is 5.75 Å². The molecule has 142 valence electrons. The van der Waals surface area contributed by atoms with Crippen LogP contribution in [0.4, 0.5) is 5.82 Å². The summed E-state index contributed by atoms with van der Waals surface area (Å²) in [5.41, 5.74) is 7.51. The van der Waals surface area contributed by atoms with Gasteiger partial charge in [0.25, 0.3) is 0 Å². The molecule has 0 unspecified atom stereocenters. The van der Waals surface area contributed by atoms with Crippen LogP contribution in [0.2, 0.25) is 0 Å². The highest BCUT2D eigenvalue weighted by molar-refractivity contribution is 5.99. The fourth-order valence-corrected chi connectivity index (χ4v) is 2.89. The first-order valence-corrected chi connectivity index (χ1v) is 9.29. The zero-order valence-corrected chi connectivity index (χ0v) is 15.9. The van der Waals surface area contributed by atoms with Gasteiger partial charge in [0.2, 0.25) is 0 Å². The summed E-state index contributed by atoms with van der Waals surface area (Å²) >= 11 is 0. The number of aromatic nitrogens is 2. The van der Waals surface area contributed by atoms with Gasteiger partial charge in [-0.2, -0.15) is 5.10 Å². The Morgan fingerprint density at radius 3 is 2.07 bits per heavy atom. The molecule has 4 rings (SSSR count). The predicted molar refractivity (Wildman–Crippen MR) is 117 cm³/mol. The molecule has 0 aliphatic heterocycles. The summed E-state index contributed by atoms with van der Waals surface area (Å²) in [6, 6.07) is 28.7. The minimum absolute atomic E-state index is 0.227. The molecule has 0 radical (unpaired) electrons. The number of nitrogens with zero attached hydrogens (tertiary/aromatic N) is 3. The second-order valence-corrected chi connectivity index (χ2v) is 6.55. The molecule has 0 saturated carbocycles. The summed E-state index contributed by atoms with van der Waals surface area (Å²) in [6.07, 6.45) is 0. The number of phenols is 1.